The van der Waals surface area contributed by atoms with Gasteiger partial charge in [0.05, 0.1) is 50.2 Å². The molecule has 1 unspecified atom stereocenters. The van der Waals surface area contributed by atoms with Gasteiger partial charge in [-0.1, -0.05) is 18.2 Å². The lowest BCUT2D eigenvalue weighted by molar-refractivity contribution is 0.0238. The molecule has 34 heavy (non-hydrogen) atoms. The van der Waals surface area contributed by atoms with Crippen molar-refractivity contribution < 1.29 is 14.3 Å². The number of esters is 1. The van der Waals surface area contributed by atoms with Crippen LogP contribution in [-0.2, 0) is 16.9 Å². The van der Waals surface area contributed by atoms with Crippen LogP contribution in [0, 0.1) is 6.92 Å². The number of para-hydroxylation sites is 1. The Bertz CT molecular complexity index is 1420. The summed E-state index contributed by atoms with van der Waals surface area (Å²) < 4.78 is 16.4. The first kappa shape index (κ1) is 22.9. The van der Waals surface area contributed by atoms with Crippen LogP contribution in [0.3, 0.4) is 0 Å². The first-order chi connectivity index (χ1) is 16.4. The summed E-state index contributed by atoms with van der Waals surface area (Å²) in [6, 6.07) is 17.5. The number of cyclic esters (lactones) is 1. The van der Waals surface area contributed by atoms with E-state index in [1.807, 2.05) is 37.3 Å². The molecule has 0 saturated heterocycles. The van der Waals surface area contributed by atoms with Crippen molar-refractivity contribution in [3.05, 3.63) is 88.9 Å². The summed E-state index contributed by atoms with van der Waals surface area (Å²) >= 11 is 6.84. The van der Waals surface area contributed by atoms with Gasteiger partial charge in [-0.15, -0.1) is 0 Å². The third-order valence-corrected chi connectivity index (χ3v) is 7.16. The Labute approximate surface area is 215 Å². The molecule has 174 valence electrons. The number of halogens is 2. The maximum absolute atomic E-state index is 13.3. The van der Waals surface area contributed by atoms with Gasteiger partial charge in [0, 0.05) is 46.5 Å². The van der Waals surface area contributed by atoms with E-state index in [4.69, 9.17) is 14.5 Å². The minimum atomic E-state index is -1.26. The normalized spacial score (nSPS) is 17.0. The maximum Gasteiger partial charge on any atom is 0.341 e. The quantitative estimate of drug-likeness (QED) is 0.187. The smallest absolute Gasteiger partial charge is 0.341 e. The number of pyridine rings is 1. The zero-order valence-electron chi connectivity index (χ0n) is 19.0. The standard InChI is InChI=1S/C26H23Br2N3O3/c1-4-30-16(3)23(18-9-6-7-11-21(18)30)26(24-19(25(32)34-26)10-8-14-29-24)20-13-12-17(31(27)28)15-22(20)33-5-2/h6-15H,4-5H2,1-3H3. The summed E-state index contributed by atoms with van der Waals surface area (Å²) in [5.74, 6) is 0.216. The number of fused-ring (bicyclic) bond motifs is 2. The highest BCUT2D eigenvalue weighted by Gasteiger charge is 2.53. The molecule has 0 fully saturated rings. The van der Waals surface area contributed by atoms with Crippen molar-refractivity contribution in [1.29, 1.82) is 0 Å². The summed E-state index contributed by atoms with van der Waals surface area (Å²) in [6.45, 7) is 7.36. The van der Waals surface area contributed by atoms with E-state index >= 15 is 0 Å². The van der Waals surface area contributed by atoms with Crippen LogP contribution >= 0.6 is 32.3 Å². The molecule has 0 bridgehead atoms. The van der Waals surface area contributed by atoms with Gasteiger partial charge in [0.15, 0.2) is 0 Å². The molecule has 0 saturated carbocycles. The van der Waals surface area contributed by atoms with Gasteiger partial charge in [-0.3, -0.25) is 4.98 Å². The fraction of sp³-hybridized carbons (Fsp3) is 0.231. The molecule has 0 radical (unpaired) electrons. The van der Waals surface area contributed by atoms with Gasteiger partial charge >= 0.3 is 5.97 Å². The van der Waals surface area contributed by atoms with Crippen LogP contribution in [0.15, 0.2) is 60.8 Å². The Morgan fingerprint density at radius 3 is 2.65 bits per heavy atom. The summed E-state index contributed by atoms with van der Waals surface area (Å²) in [5, 5.41) is 1.02. The molecule has 0 amide bonds. The van der Waals surface area contributed by atoms with E-state index in [1.165, 1.54) is 0 Å². The monoisotopic (exact) mass is 583 g/mol. The average Bonchev–Trinajstić information content (AvgIpc) is 3.30. The molecule has 3 heterocycles. The van der Waals surface area contributed by atoms with E-state index in [2.05, 4.69) is 62.8 Å². The zero-order chi connectivity index (χ0) is 24.0. The van der Waals surface area contributed by atoms with Crippen molar-refractivity contribution in [2.24, 2.45) is 0 Å². The highest BCUT2D eigenvalue weighted by atomic mass is 79.9. The molecule has 1 aliphatic rings. The number of hydrogen-bond acceptors (Lipinski definition) is 5. The lowest BCUT2D eigenvalue weighted by Gasteiger charge is -2.31. The first-order valence-corrected chi connectivity index (χ1v) is 12.5. The minimum absolute atomic E-state index is 0.398. The summed E-state index contributed by atoms with van der Waals surface area (Å²) in [6.07, 6.45) is 1.71. The Balaban J connectivity index is 1.94. The van der Waals surface area contributed by atoms with Crippen molar-refractivity contribution >= 4 is 54.9 Å². The second kappa shape index (κ2) is 8.74. The van der Waals surface area contributed by atoms with E-state index in [9.17, 15) is 4.79 Å². The number of carbonyl (C=O) groups is 1. The van der Waals surface area contributed by atoms with Gasteiger partial charge in [0.25, 0.3) is 0 Å². The largest absolute Gasteiger partial charge is 0.493 e. The topological polar surface area (TPSA) is 56.6 Å². The molecule has 0 N–H and O–H groups in total. The predicted molar refractivity (Wildman–Crippen MR) is 140 cm³/mol. The Morgan fingerprint density at radius 2 is 1.91 bits per heavy atom. The lowest BCUT2D eigenvalue weighted by atomic mass is 9.80. The van der Waals surface area contributed by atoms with Crippen molar-refractivity contribution in [3.8, 4) is 5.75 Å². The van der Waals surface area contributed by atoms with Crippen molar-refractivity contribution in [3.63, 3.8) is 0 Å². The predicted octanol–water partition coefficient (Wildman–Crippen LogP) is 6.65. The third-order valence-electron chi connectivity index (χ3n) is 6.35. The highest BCUT2D eigenvalue weighted by molar-refractivity contribution is 9.25. The highest BCUT2D eigenvalue weighted by Crippen LogP contribution is 2.53. The molecule has 6 nitrogen and oxygen atoms in total. The number of ether oxygens (including phenoxy) is 2. The SMILES string of the molecule is CCOc1cc(N(Br)Br)ccc1C1(c2c(C)n(CC)c3ccccc23)OC(=O)c2cccnc21. The molecule has 4 aromatic rings. The van der Waals surface area contributed by atoms with Gasteiger partial charge in [-0.05, 0) is 51.1 Å². The number of anilines is 1. The van der Waals surface area contributed by atoms with Gasteiger partial charge in [-0.25, -0.2) is 7.75 Å². The van der Waals surface area contributed by atoms with Crippen LogP contribution in [0.2, 0.25) is 0 Å². The molecule has 0 spiro atoms. The van der Waals surface area contributed by atoms with Crippen molar-refractivity contribution in [2.45, 2.75) is 32.9 Å². The fourth-order valence-corrected chi connectivity index (χ4v) is 5.49. The van der Waals surface area contributed by atoms with E-state index in [-0.39, 0.29) is 0 Å². The fourth-order valence-electron chi connectivity index (χ4n) is 5.04. The van der Waals surface area contributed by atoms with Gasteiger partial charge in [0.1, 0.15) is 11.4 Å². The van der Waals surface area contributed by atoms with Gasteiger partial charge in [-0.2, -0.15) is 0 Å². The van der Waals surface area contributed by atoms with Gasteiger partial charge in [0.2, 0.25) is 5.60 Å². The van der Waals surface area contributed by atoms with Gasteiger partial charge < -0.3 is 14.0 Å². The number of rotatable bonds is 6. The molecular weight excluding hydrogens is 562 g/mol. The summed E-state index contributed by atoms with van der Waals surface area (Å²) in [7, 11) is 0. The van der Waals surface area contributed by atoms with Crippen molar-refractivity contribution in [1.82, 2.24) is 9.55 Å². The van der Waals surface area contributed by atoms with Crippen LogP contribution < -0.4 is 7.69 Å². The molecular formula is C26H23Br2N3O3. The third kappa shape index (κ3) is 3.26. The second-order valence-electron chi connectivity index (χ2n) is 8.04. The van der Waals surface area contributed by atoms with Crippen LogP contribution in [0.5, 0.6) is 5.75 Å². The second-order valence-corrected chi connectivity index (χ2v) is 10.4. The lowest BCUT2D eigenvalue weighted by Crippen LogP contribution is -2.32. The van der Waals surface area contributed by atoms with E-state index in [0.717, 1.165) is 40.0 Å². The van der Waals surface area contributed by atoms with Crippen LogP contribution in [0.1, 0.15) is 46.7 Å². The summed E-state index contributed by atoms with van der Waals surface area (Å²) in [4.78, 5) is 18.0. The molecule has 0 aliphatic carbocycles. The van der Waals surface area contributed by atoms with E-state index < -0.39 is 11.6 Å². The average molecular weight is 585 g/mol. The first-order valence-electron chi connectivity index (χ1n) is 11.1. The number of nitrogens with zero attached hydrogens (tertiary/aromatic N) is 3. The molecule has 2 aromatic carbocycles. The molecule has 8 heteroatoms. The number of carbonyl (C=O) groups excluding carboxylic acids is 1. The number of aromatic nitrogens is 2. The molecule has 5 rings (SSSR count). The minimum Gasteiger partial charge on any atom is -0.493 e. The zero-order valence-corrected chi connectivity index (χ0v) is 22.2. The molecule has 2 aromatic heterocycles. The number of aryl methyl sites for hydroxylation is 1. The Kier molecular flexibility index (Phi) is 5.90. The Hall–Kier alpha value is -2.84. The number of benzene rings is 2. The van der Waals surface area contributed by atoms with Crippen LogP contribution in [0.4, 0.5) is 5.69 Å². The Morgan fingerprint density at radius 1 is 1.12 bits per heavy atom. The van der Waals surface area contributed by atoms with E-state index in [0.29, 0.717) is 23.6 Å². The van der Waals surface area contributed by atoms with Crippen LogP contribution in [-0.4, -0.2) is 22.1 Å². The molecule has 1 aliphatic heterocycles. The molecule has 1 atom stereocenters. The maximum atomic E-state index is 13.3. The van der Waals surface area contributed by atoms with E-state index in [1.54, 1.807) is 21.3 Å². The summed E-state index contributed by atoms with van der Waals surface area (Å²) in [5.41, 5.74) is 4.34. The van der Waals surface area contributed by atoms with Crippen LogP contribution in [0.25, 0.3) is 10.9 Å². The van der Waals surface area contributed by atoms with Crippen molar-refractivity contribution in [2.75, 3.05) is 9.56 Å². The number of hydrogen-bond donors (Lipinski definition) is 0.